The van der Waals surface area contributed by atoms with Gasteiger partial charge in [0.15, 0.2) is 5.79 Å². The molecule has 2 aliphatic rings. The molecule has 1 unspecified atom stereocenters. The largest absolute Gasteiger partial charge is 0.494 e. The summed E-state index contributed by atoms with van der Waals surface area (Å²) >= 11 is 0. The molecule has 0 radical (unpaired) electrons. The molecule has 0 saturated carbocycles. The van der Waals surface area contributed by atoms with Crippen LogP contribution in [0.25, 0.3) is 6.08 Å². The van der Waals surface area contributed by atoms with E-state index in [4.69, 9.17) is 18.9 Å². The van der Waals surface area contributed by atoms with Crippen LogP contribution in [-0.2, 0) is 14.2 Å². The summed E-state index contributed by atoms with van der Waals surface area (Å²) in [5.74, 6) is -0.269. The standard InChI is InChI=1S/C25H36O6/c1-7-28-19-13-16(3)22-18(14-19)9-8-10-21-23(31-25(5,6)30-21)20(26)12-11-15(2)17(4)29-24(22)27/h8-9,13-15,17,20-21,23,26H,7,10-12H2,1-6H3/b9-8+/t15-,17+,20?,21+,23-/m1/s1. The first kappa shape index (κ1) is 23.8. The van der Waals surface area contributed by atoms with Gasteiger partial charge in [-0.1, -0.05) is 19.1 Å². The summed E-state index contributed by atoms with van der Waals surface area (Å²) in [6.07, 6.45) is 4.12. The number of hydrogen-bond donors (Lipinski definition) is 1. The molecule has 1 aromatic carbocycles. The van der Waals surface area contributed by atoms with Crippen molar-refractivity contribution in [1.82, 2.24) is 0 Å². The minimum absolute atomic E-state index is 0.0947. The summed E-state index contributed by atoms with van der Waals surface area (Å²) in [6.45, 7) is 12.1. The number of ether oxygens (including phenoxy) is 4. The molecule has 1 saturated heterocycles. The average molecular weight is 433 g/mol. The van der Waals surface area contributed by atoms with Crippen LogP contribution >= 0.6 is 0 Å². The fourth-order valence-corrected chi connectivity index (χ4v) is 4.32. The molecule has 0 aliphatic carbocycles. The van der Waals surface area contributed by atoms with E-state index >= 15 is 0 Å². The van der Waals surface area contributed by atoms with Crippen molar-refractivity contribution in [1.29, 1.82) is 0 Å². The molecule has 0 aromatic heterocycles. The Morgan fingerprint density at radius 3 is 2.65 bits per heavy atom. The SMILES string of the molecule is CCOc1cc(C)c2c(c1)/C=C/C[C@@H]1OC(C)(C)O[C@@H]1C(O)CC[C@@H](C)[C@H](C)OC2=O. The van der Waals surface area contributed by atoms with E-state index in [1.54, 1.807) is 0 Å². The van der Waals surface area contributed by atoms with Gasteiger partial charge in [0, 0.05) is 0 Å². The number of hydrogen-bond acceptors (Lipinski definition) is 6. The first-order chi connectivity index (χ1) is 14.6. The van der Waals surface area contributed by atoms with Crippen molar-refractivity contribution in [3.63, 3.8) is 0 Å². The minimum Gasteiger partial charge on any atom is -0.494 e. The fourth-order valence-electron chi connectivity index (χ4n) is 4.32. The Bertz CT molecular complexity index is 814. The number of aliphatic hydroxyl groups excluding tert-OH is 1. The highest BCUT2D eigenvalue weighted by molar-refractivity contribution is 5.95. The molecule has 31 heavy (non-hydrogen) atoms. The monoisotopic (exact) mass is 432 g/mol. The topological polar surface area (TPSA) is 74.2 Å². The number of carbonyl (C=O) groups excluding carboxylic acids is 1. The number of esters is 1. The van der Waals surface area contributed by atoms with Crippen molar-refractivity contribution >= 4 is 12.0 Å². The van der Waals surface area contributed by atoms with Crippen LogP contribution in [-0.4, -0.2) is 47.9 Å². The Hall–Kier alpha value is -1.89. The van der Waals surface area contributed by atoms with Gasteiger partial charge in [-0.25, -0.2) is 4.79 Å². The highest BCUT2D eigenvalue weighted by Crippen LogP contribution is 2.34. The van der Waals surface area contributed by atoms with Crippen molar-refractivity contribution < 1.29 is 28.8 Å². The van der Waals surface area contributed by atoms with E-state index in [0.29, 0.717) is 37.2 Å². The van der Waals surface area contributed by atoms with E-state index in [-0.39, 0.29) is 24.1 Å². The Morgan fingerprint density at radius 1 is 1.19 bits per heavy atom. The lowest BCUT2D eigenvalue weighted by Crippen LogP contribution is -2.36. The van der Waals surface area contributed by atoms with E-state index in [1.807, 2.05) is 65.8 Å². The van der Waals surface area contributed by atoms with Gasteiger partial charge in [0.1, 0.15) is 18.0 Å². The first-order valence-electron chi connectivity index (χ1n) is 11.3. The zero-order valence-corrected chi connectivity index (χ0v) is 19.5. The van der Waals surface area contributed by atoms with Crippen molar-refractivity contribution in [2.45, 2.75) is 91.0 Å². The minimum atomic E-state index is -0.743. The molecule has 0 spiro atoms. The molecule has 5 atom stereocenters. The number of fused-ring (bicyclic) bond motifs is 2. The number of aryl methyl sites for hydroxylation is 1. The second kappa shape index (κ2) is 9.72. The summed E-state index contributed by atoms with van der Waals surface area (Å²) in [4.78, 5) is 13.1. The molecular weight excluding hydrogens is 396 g/mol. The molecule has 0 bridgehead atoms. The number of carbonyl (C=O) groups is 1. The first-order valence-corrected chi connectivity index (χ1v) is 11.3. The lowest BCUT2D eigenvalue weighted by Gasteiger charge is -2.26. The predicted molar refractivity (Wildman–Crippen MR) is 119 cm³/mol. The van der Waals surface area contributed by atoms with Crippen molar-refractivity contribution in [2.24, 2.45) is 5.92 Å². The number of aliphatic hydroxyl groups is 1. The summed E-state index contributed by atoms with van der Waals surface area (Å²) in [6, 6.07) is 3.74. The third-order valence-electron chi connectivity index (χ3n) is 6.13. The number of rotatable bonds is 2. The second-order valence-corrected chi connectivity index (χ2v) is 9.15. The highest BCUT2D eigenvalue weighted by Gasteiger charge is 2.44. The summed E-state index contributed by atoms with van der Waals surface area (Å²) in [7, 11) is 0. The van der Waals surface area contributed by atoms with E-state index in [0.717, 1.165) is 11.1 Å². The predicted octanol–water partition coefficient (Wildman–Crippen LogP) is 4.65. The zero-order valence-electron chi connectivity index (χ0n) is 19.5. The zero-order chi connectivity index (χ0) is 22.8. The molecule has 172 valence electrons. The van der Waals surface area contributed by atoms with Crippen LogP contribution in [0.3, 0.4) is 0 Å². The van der Waals surface area contributed by atoms with Crippen molar-refractivity contribution in [3.05, 3.63) is 34.9 Å². The third kappa shape index (κ3) is 5.68. The van der Waals surface area contributed by atoms with Crippen LogP contribution in [0.1, 0.15) is 75.4 Å². The van der Waals surface area contributed by atoms with Gasteiger partial charge in [0.25, 0.3) is 0 Å². The maximum Gasteiger partial charge on any atom is 0.339 e. The Morgan fingerprint density at radius 2 is 1.94 bits per heavy atom. The summed E-state index contributed by atoms with van der Waals surface area (Å²) in [5.41, 5.74) is 2.12. The summed E-state index contributed by atoms with van der Waals surface area (Å²) in [5, 5.41) is 10.8. The Labute approximate surface area is 185 Å². The number of cyclic esters (lactones) is 1. The third-order valence-corrected chi connectivity index (χ3v) is 6.13. The molecule has 6 nitrogen and oxygen atoms in total. The second-order valence-electron chi connectivity index (χ2n) is 9.15. The fraction of sp³-hybridized carbons (Fsp3) is 0.640. The molecule has 1 fully saturated rings. The molecule has 2 heterocycles. The smallest absolute Gasteiger partial charge is 0.339 e. The van der Waals surface area contributed by atoms with Crippen molar-refractivity contribution in [2.75, 3.05) is 6.61 Å². The van der Waals surface area contributed by atoms with Crippen LogP contribution in [0.15, 0.2) is 18.2 Å². The van der Waals surface area contributed by atoms with Gasteiger partial charge < -0.3 is 24.1 Å². The maximum absolute atomic E-state index is 13.1. The van der Waals surface area contributed by atoms with Crippen LogP contribution < -0.4 is 4.74 Å². The van der Waals surface area contributed by atoms with Gasteiger partial charge in [0.2, 0.25) is 0 Å². The highest BCUT2D eigenvalue weighted by atomic mass is 16.8. The lowest BCUT2D eigenvalue weighted by molar-refractivity contribution is -0.155. The average Bonchev–Trinajstić information content (AvgIpc) is 2.99. The normalized spacial score (nSPS) is 32.4. The molecule has 6 heteroatoms. The maximum atomic E-state index is 13.1. The molecule has 2 aliphatic heterocycles. The van der Waals surface area contributed by atoms with Gasteiger partial charge in [0.05, 0.1) is 24.4 Å². The van der Waals surface area contributed by atoms with E-state index < -0.39 is 18.0 Å². The van der Waals surface area contributed by atoms with E-state index in [1.165, 1.54) is 0 Å². The molecular formula is C25H36O6. The summed E-state index contributed by atoms with van der Waals surface area (Å²) < 4.78 is 23.6. The van der Waals surface area contributed by atoms with E-state index in [9.17, 15) is 9.90 Å². The van der Waals surface area contributed by atoms with E-state index in [2.05, 4.69) is 0 Å². The van der Waals surface area contributed by atoms with Crippen LogP contribution in [0.2, 0.25) is 0 Å². The van der Waals surface area contributed by atoms with Gasteiger partial charge in [-0.3, -0.25) is 0 Å². The Balaban J connectivity index is 1.99. The Kier molecular flexibility index (Phi) is 7.45. The molecule has 1 N–H and O–H groups in total. The van der Waals surface area contributed by atoms with Gasteiger partial charge >= 0.3 is 5.97 Å². The van der Waals surface area contributed by atoms with Crippen LogP contribution in [0.5, 0.6) is 5.75 Å². The van der Waals surface area contributed by atoms with Gasteiger partial charge in [-0.2, -0.15) is 0 Å². The molecule has 0 amide bonds. The number of benzene rings is 1. The molecule has 3 rings (SSSR count). The quantitative estimate of drug-likeness (QED) is 0.686. The molecule has 1 aromatic rings. The van der Waals surface area contributed by atoms with Crippen LogP contribution in [0.4, 0.5) is 0 Å². The lowest BCUT2D eigenvalue weighted by atomic mass is 9.93. The van der Waals surface area contributed by atoms with Crippen molar-refractivity contribution in [3.8, 4) is 5.75 Å². The van der Waals surface area contributed by atoms with Gasteiger partial charge in [-0.15, -0.1) is 0 Å². The van der Waals surface area contributed by atoms with Gasteiger partial charge in [-0.05, 0) is 83.1 Å². The van der Waals surface area contributed by atoms with Crippen LogP contribution in [0, 0.1) is 12.8 Å².